The molecule has 2 rings (SSSR count). The maximum absolute atomic E-state index is 11.7. The topological polar surface area (TPSA) is 59.2 Å². The Morgan fingerprint density at radius 1 is 1.35 bits per heavy atom. The summed E-state index contributed by atoms with van der Waals surface area (Å²) in [7, 11) is 0. The first kappa shape index (κ1) is 11.4. The third-order valence-corrected chi connectivity index (χ3v) is 2.38. The molecular formula is C13H13NO3. The van der Waals surface area contributed by atoms with E-state index in [0.29, 0.717) is 22.2 Å². The summed E-state index contributed by atoms with van der Waals surface area (Å²) in [6.07, 6.45) is 2.24. The summed E-state index contributed by atoms with van der Waals surface area (Å²) < 4.78 is 5.52. The van der Waals surface area contributed by atoms with Gasteiger partial charge in [0.15, 0.2) is 11.7 Å². The Labute approximate surface area is 98.2 Å². The zero-order valence-electron chi connectivity index (χ0n) is 9.69. The van der Waals surface area contributed by atoms with Gasteiger partial charge in [-0.05, 0) is 26.0 Å². The Kier molecular flexibility index (Phi) is 2.95. The highest BCUT2D eigenvalue weighted by atomic mass is 16.5. The molecule has 0 saturated carbocycles. The quantitative estimate of drug-likeness (QED) is 0.823. The summed E-state index contributed by atoms with van der Waals surface area (Å²) in [4.78, 5) is 25.6. The number of carbonyl (C=O) groups is 1. The number of hydrogen-bond donors (Lipinski definition) is 1. The molecule has 0 aliphatic rings. The molecule has 0 unspecified atom stereocenters. The average Bonchev–Trinajstić information content (AvgIpc) is 2.29. The van der Waals surface area contributed by atoms with E-state index in [4.69, 9.17) is 4.74 Å². The molecule has 0 aliphatic carbocycles. The Hall–Kier alpha value is -2.10. The van der Waals surface area contributed by atoms with Gasteiger partial charge in [0.25, 0.3) is 0 Å². The number of carbonyl (C=O) groups excluding carboxylic acids is 1. The van der Waals surface area contributed by atoms with Crippen LogP contribution in [0.15, 0.2) is 29.2 Å². The van der Waals surface area contributed by atoms with Crippen LogP contribution in [0.1, 0.15) is 24.2 Å². The van der Waals surface area contributed by atoms with Gasteiger partial charge < -0.3 is 9.72 Å². The molecule has 1 N–H and O–H groups in total. The Balaban J connectivity index is 2.70. The summed E-state index contributed by atoms with van der Waals surface area (Å²) in [5.74, 6) is 0.444. The van der Waals surface area contributed by atoms with Crippen LogP contribution in [0.2, 0.25) is 0 Å². The number of nitrogens with one attached hydrogen (secondary N) is 1. The minimum atomic E-state index is -0.0928. The van der Waals surface area contributed by atoms with Crippen molar-refractivity contribution in [3.8, 4) is 5.75 Å². The first-order valence-electron chi connectivity index (χ1n) is 5.39. The van der Waals surface area contributed by atoms with E-state index < -0.39 is 0 Å². The predicted molar refractivity (Wildman–Crippen MR) is 65.7 cm³/mol. The number of ether oxygens (including phenoxy) is 1. The SMILES string of the molecule is CC(C)Oc1cc2c(=O)cc[nH]c2cc1C=O. The van der Waals surface area contributed by atoms with Crippen LogP contribution in [-0.2, 0) is 0 Å². The summed E-state index contributed by atoms with van der Waals surface area (Å²) in [6.45, 7) is 3.74. The summed E-state index contributed by atoms with van der Waals surface area (Å²) in [5, 5.41) is 0.522. The smallest absolute Gasteiger partial charge is 0.189 e. The number of rotatable bonds is 3. The molecule has 0 spiro atoms. The molecule has 17 heavy (non-hydrogen) atoms. The highest BCUT2D eigenvalue weighted by molar-refractivity contribution is 5.90. The van der Waals surface area contributed by atoms with E-state index in [1.165, 1.54) is 6.07 Å². The maximum atomic E-state index is 11.7. The predicted octanol–water partition coefficient (Wildman–Crippen LogP) is 2.13. The highest BCUT2D eigenvalue weighted by Crippen LogP contribution is 2.22. The lowest BCUT2D eigenvalue weighted by Gasteiger charge is -2.12. The third-order valence-electron chi connectivity index (χ3n) is 2.38. The molecule has 0 atom stereocenters. The summed E-state index contributed by atoms with van der Waals surface area (Å²) >= 11 is 0. The first-order chi connectivity index (χ1) is 8.11. The standard InChI is InChI=1S/C13H13NO3/c1-8(2)17-13-6-10-11(5-9(13)7-15)14-4-3-12(10)16/h3-8H,1-2H3,(H,14,16). The van der Waals surface area contributed by atoms with E-state index in [1.54, 1.807) is 18.3 Å². The van der Waals surface area contributed by atoms with E-state index in [-0.39, 0.29) is 11.5 Å². The lowest BCUT2D eigenvalue weighted by Crippen LogP contribution is -2.09. The maximum Gasteiger partial charge on any atom is 0.189 e. The molecule has 0 bridgehead atoms. The summed E-state index contributed by atoms with van der Waals surface area (Å²) in [6, 6.07) is 4.68. The van der Waals surface area contributed by atoms with Gasteiger partial charge in [0.2, 0.25) is 0 Å². The van der Waals surface area contributed by atoms with Gasteiger partial charge in [-0.3, -0.25) is 9.59 Å². The molecule has 0 amide bonds. The normalized spacial score (nSPS) is 10.8. The first-order valence-corrected chi connectivity index (χ1v) is 5.39. The highest BCUT2D eigenvalue weighted by Gasteiger charge is 2.09. The molecule has 2 aromatic rings. The Bertz CT molecular complexity index is 614. The van der Waals surface area contributed by atoms with E-state index in [0.717, 1.165) is 6.29 Å². The van der Waals surface area contributed by atoms with Crippen molar-refractivity contribution in [2.24, 2.45) is 0 Å². The number of benzene rings is 1. The molecule has 0 saturated heterocycles. The van der Waals surface area contributed by atoms with Crippen molar-refractivity contribution < 1.29 is 9.53 Å². The van der Waals surface area contributed by atoms with Gasteiger partial charge in [-0.15, -0.1) is 0 Å². The number of aromatic nitrogens is 1. The molecule has 4 nitrogen and oxygen atoms in total. The fourth-order valence-electron chi connectivity index (χ4n) is 1.66. The average molecular weight is 231 g/mol. The molecule has 1 heterocycles. The van der Waals surface area contributed by atoms with Gasteiger partial charge in [-0.1, -0.05) is 0 Å². The summed E-state index contributed by atoms with van der Waals surface area (Å²) in [5.41, 5.74) is 0.980. The minimum Gasteiger partial charge on any atom is -0.490 e. The number of hydrogen-bond acceptors (Lipinski definition) is 3. The van der Waals surface area contributed by atoms with Crippen LogP contribution in [0.5, 0.6) is 5.75 Å². The molecule has 88 valence electrons. The fraction of sp³-hybridized carbons (Fsp3) is 0.231. The monoisotopic (exact) mass is 231 g/mol. The van der Waals surface area contributed by atoms with Crippen molar-refractivity contribution in [3.05, 3.63) is 40.2 Å². The van der Waals surface area contributed by atoms with Crippen molar-refractivity contribution >= 4 is 17.2 Å². The van der Waals surface area contributed by atoms with Crippen molar-refractivity contribution in [3.63, 3.8) is 0 Å². The van der Waals surface area contributed by atoms with Crippen LogP contribution < -0.4 is 10.2 Å². The van der Waals surface area contributed by atoms with E-state index in [2.05, 4.69) is 4.98 Å². The molecule has 0 fully saturated rings. The molecule has 1 aromatic heterocycles. The van der Waals surface area contributed by atoms with Crippen molar-refractivity contribution in [2.75, 3.05) is 0 Å². The fourth-order valence-corrected chi connectivity index (χ4v) is 1.66. The van der Waals surface area contributed by atoms with Crippen LogP contribution in [0.4, 0.5) is 0 Å². The zero-order valence-corrected chi connectivity index (χ0v) is 9.69. The Morgan fingerprint density at radius 2 is 2.12 bits per heavy atom. The van der Waals surface area contributed by atoms with E-state index in [9.17, 15) is 9.59 Å². The number of H-pyrrole nitrogens is 1. The molecule has 0 aliphatic heterocycles. The van der Waals surface area contributed by atoms with Gasteiger partial charge in [-0.2, -0.15) is 0 Å². The number of pyridine rings is 1. The van der Waals surface area contributed by atoms with Crippen molar-refractivity contribution in [1.82, 2.24) is 4.98 Å². The van der Waals surface area contributed by atoms with Crippen molar-refractivity contribution in [1.29, 1.82) is 0 Å². The van der Waals surface area contributed by atoms with Gasteiger partial charge in [0.1, 0.15) is 5.75 Å². The second kappa shape index (κ2) is 4.41. The second-order valence-corrected chi connectivity index (χ2v) is 4.06. The number of aldehydes is 1. The minimum absolute atomic E-state index is 0.0473. The van der Waals surface area contributed by atoms with E-state index in [1.807, 2.05) is 13.8 Å². The van der Waals surface area contributed by atoms with E-state index >= 15 is 0 Å². The second-order valence-electron chi connectivity index (χ2n) is 4.06. The zero-order chi connectivity index (χ0) is 12.4. The molecule has 4 heteroatoms. The van der Waals surface area contributed by atoms with Gasteiger partial charge in [-0.25, -0.2) is 0 Å². The van der Waals surface area contributed by atoms with Gasteiger partial charge >= 0.3 is 0 Å². The Morgan fingerprint density at radius 3 is 2.76 bits per heavy atom. The van der Waals surface area contributed by atoms with Crippen LogP contribution in [-0.4, -0.2) is 17.4 Å². The largest absolute Gasteiger partial charge is 0.490 e. The van der Waals surface area contributed by atoms with Crippen molar-refractivity contribution in [2.45, 2.75) is 20.0 Å². The van der Waals surface area contributed by atoms with Gasteiger partial charge in [0, 0.05) is 17.6 Å². The molecule has 1 aromatic carbocycles. The number of fused-ring (bicyclic) bond motifs is 1. The number of aromatic amines is 1. The lowest BCUT2D eigenvalue weighted by molar-refractivity contribution is 0.111. The van der Waals surface area contributed by atoms with Crippen LogP contribution in [0.25, 0.3) is 10.9 Å². The molecule has 0 radical (unpaired) electrons. The van der Waals surface area contributed by atoms with Gasteiger partial charge in [0.05, 0.1) is 17.2 Å². The third kappa shape index (κ3) is 2.20. The van der Waals surface area contributed by atoms with Crippen LogP contribution >= 0.6 is 0 Å². The lowest BCUT2D eigenvalue weighted by atomic mass is 10.1. The molecular weight excluding hydrogens is 218 g/mol. The van der Waals surface area contributed by atoms with Crippen LogP contribution in [0, 0.1) is 0 Å². The van der Waals surface area contributed by atoms with Crippen LogP contribution in [0.3, 0.4) is 0 Å².